The van der Waals surface area contributed by atoms with Gasteiger partial charge in [0.2, 0.25) is 0 Å². The fourth-order valence-electron chi connectivity index (χ4n) is 1.37. The van der Waals surface area contributed by atoms with Crippen molar-refractivity contribution in [3.05, 3.63) is 16.6 Å². The number of aromatic nitrogens is 1. The first-order chi connectivity index (χ1) is 6.64. The van der Waals surface area contributed by atoms with Crippen LogP contribution in [-0.2, 0) is 4.79 Å². The van der Waals surface area contributed by atoms with Gasteiger partial charge in [-0.15, -0.1) is 11.3 Å². The van der Waals surface area contributed by atoms with E-state index in [0.717, 1.165) is 0 Å². The van der Waals surface area contributed by atoms with Crippen molar-refractivity contribution in [3.8, 4) is 0 Å². The molecule has 1 N–H and O–H groups in total. The number of ketones is 1. The van der Waals surface area contributed by atoms with E-state index < -0.39 is 11.4 Å². The topological polar surface area (TPSA) is 67.3 Å². The van der Waals surface area contributed by atoms with Gasteiger partial charge in [-0.05, 0) is 12.8 Å². The molecule has 0 unspecified atom stereocenters. The molecule has 0 amide bonds. The highest BCUT2D eigenvalue weighted by Crippen LogP contribution is 2.49. The quantitative estimate of drug-likeness (QED) is 0.768. The number of aliphatic carboxylic acids is 1. The summed E-state index contributed by atoms with van der Waals surface area (Å²) in [5, 5.41) is 8.89. The fourth-order valence-corrected chi connectivity index (χ4v) is 1.93. The van der Waals surface area contributed by atoms with E-state index in [1.165, 1.54) is 17.5 Å². The van der Waals surface area contributed by atoms with E-state index in [1.54, 1.807) is 5.51 Å². The molecule has 1 fully saturated rings. The average molecular weight is 211 g/mol. The van der Waals surface area contributed by atoms with E-state index in [9.17, 15) is 9.59 Å². The normalized spacial score (nSPS) is 17.7. The standard InChI is InChI=1S/C9H9NO3S/c11-6(7-4-10-5-14-7)3-9(1-2-9)8(12)13/h4-5H,1-3H2,(H,12,13). The molecule has 2 rings (SSSR count). The van der Waals surface area contributed by atoms with Crippen molar-refractivity contribution in [2.24, 2.45) is 5.41 Å². The fraction of sp³-hybridized carbons (Fsp3) is 0.444. The Morgan fingerprint density at radius 2 is 2.29 bits per heavy atom. The van der Waals surface area contributed by atoms with Crippen molar-refractivity contribution in [2.45, 2.75) is 19.3 Å². The first-order valence-corrected chi connectivity index (χ1v) is 5.17. The number of hydrogen-bond acceptors (Lipinski definition) is 4. The van der Waals surface area contributed by atoms with Crippen LogP contribution < -0.4 is 0 Å². The largest absolute Gasteiger partial charge is 0.481 e. The molecule has 1 saturated carbocycles. The van der Waals surface area contributed by atoms with Crippen LogP contribution in [0.4, 0.5) is 0 Å². The van der Waals surface area contributed by atoms with Crippen molar-refractivity contribution >= 4 is 23.1 Å². The maximum atomic E-state index is 11.6. The lowest BCUT2D eigenvalue weighted by molar-refractivity contribution is -0.143. The van der Waals surface area contributed by atoms with Crippen LogP contribution in [0.1, 0.15) is 28.9 Å². The summed E-state index contributed by atoms with van der Waals surface area (Å²) in [6, 6.07) is 0. The van der Waals surface area contributed by atoms with Crippen LogP contribution in [0.5, 0.6) is 0 Å². The van der Waals surface area contributed by atoms with Crippen LogP contribution in [0.2, 0.25) is 0 Å². The lowest BCUT2D eigenvalue weighted by atomic mass is 9.99. The first kappa shape index (κ1) is 9.33. The monoisotopic (exact) mass is 211 g/mol. The maximum absolute atomic E-state index is 11.6. The second-order valence-electron chi connectivity index (χ2n) is 3.55. The third kappa shape index (κ3) is 1.55. The van der Waals surface area contributed by atoms with Gasteiger partial charge in [0.05, 0.1) is 15.8 Å². The highest BCUT2D eigenvalue weighted by Gasteiger charge is 2.51. The molecule has 1 heterocycles. The molecule has 0 bridgehead atoms. The van der Waals surface area contributed by atoms with Gasteiger partial charge in [0.25, 0.3) is 0 Å². The Morgan fingerprint density at radius 3 is 2.71 bits per heavy atom. The van der Waals surface area contributed by atoms with Crippen molar-refractivity contribution in [1.29, 1.82) is 0 Å². The van der Waals surface area contributed by atoms with Crippen molar-refractivity contribution < 1.29 is 14.7 Å². The van der Waals surface area contributed by atoms with E-state index in [4.69, 9.17) is 5.11 Å². The third-order valence-electron chi connectivity index (χ3n) is 2.51. The predicted octanol–water partition coefficient (Wildman–Crippen LogP) is 1.58. The molecular formula is C9H9NO3S. The number of carbonyl (C=O) groups excluding carboxylic acids is 1. The van der Waals surface area contributed by atoms with Crippen LogP contribution in [0.15, 0.2) is 11.7 Å². The zero-order valence-electron chi connectivity index (χ0n) is 7.40. The summed E-state index contributed by atoms with van der Waals surface area (Å²) in [5.41, 5.74) is 0.814. The Kier molecular flexibility index (Phi) is 2.11. The molecule has 1 aromatic heterocycles. The van der Waals surface area contributed by atoms with Gasteiger partial charge in [0, 0.05) is 12.6 Å². The molecule has 1 aromatic rings. The summed E-state index contributed by atoms with van der Waals surface area (Å²) < 4.78 is 0. The Hall–Kier alpha value is -1.23. The van der Waals surface area contributed by atoms with Crippen molar-refractivity contribution in [3.63, 3.8) is 0 Å². The molecule has 0 saturated heterocycles. The molecule has 5 heteroatoms. The zero-order valence-corrected chi connectivity index (χ0v) is 8.21. The Labute approximate surface area is 84.6 Å². The molecule has 1 aliphatic rings. The number of carbonyl (C=O) groups is 2. The van der Waals surface area contributed by atoms with Gasteiger partial charge in [-0.3, -0.25) is 14.6 Å². The van der Waals surface area contributed by atoms with Gasteiger partial charge in [-0.1, -0.05) is 0 Å². The number of rotatable bonds is 4. The molecule has 0 aliphatic heterocycles. The van der Waals surface area contributed by atoms with Crippen LogP contribution in [-0.4, -0.2) is 21.8 Å². The van der Waals surface area contributed by atoms with Gasteiger partial charge in [0.1, 0.15) is 0 Å². The second-order valence-corrected chi connectivity index (χ2v) is 4.44. The van der Waals surface area contributed by atoms with Crippen molar-refractivity contribution in [2.75, 3.05) is 0 Å². The smallest absolute Gasteiger partial charge is 0.310 e. The van der Waals surface area contributed by atoms with Gasteiger partial charge in [-0.25, -0.2) is 0 Å². The van der Waals surface area contributed by atoms with E-state index in [1.807, 2.05) is 0 Å². The van der Waals surface area contributed by atoms with Gasteiger partial charge < -0.3 is 5.11 Å². The minimum Gasteiger partial charge on any atom is -0.481 e. The van der Waals surface area contributed by atoms with Gasteiger partial charge in [0.15, 0.2) is 5.78 Å². The zero-order chi connectivity index (χ0) is 10.2. The minimum absolute atomic E-state index is 0.104. The average Bonchev–Trinajstić information content (AvgIpc) is 2.74. The minimum atomic E-state index is -0.852. The van der Waals surface area contributed by atoms with E-state index >= 15 is 0 Å². The molecule has 4 nitrogen and oxygen atoms in total. The second kappa shape index (κ2) is 3.16. The van der Waals surface area contributed by atoms with Crippen LogP contribution in [0.25, 0.3) is 0 Å². The predicted molar refractivity (Wildman–Crippen MR) is 50.4 cm³/mol. The van der Waals surface area contributed by atoms with Gasteiger partial charge in [-0.2, -0.15) is 0 Å². The number of nitrogens with zero attached hydrogens (tertiary/aromatic N) is 1. The number of carboxylic acids is 1. The molecule has 0 spiro atoms. The highest BCUT2D eigenvalue weighted by molar-refractivity contribution is 7.11. The summed E-state index contributed by atoms with van der Waals surface area (Å²) >= 11 is 1.26. The molecular weight excluding hydrogens is 202 g/mol. The highest BCUT2D eigenvalue weighted by atomic mass is 32.1. The van der Waals surface area contributed by atoms with Crippen LogP contribution in [0.3, 0.4) is 0 Å². The summed E-state index contributed by atoms with van der Waals surface area (Å²) in [7, 11) is 0. The van der Waals surface area contributed by atoms with Gasteiger partial charge >= 0.3 is 5.97 Å². The summed E-state index contributed by atoms with van der Waals surface area (Å²) in [4.78, 5) is 26.7. The van der Waals surface area contributed by atoms with Crippen LogP contribution >= 0.6 is 11.3 Å². The molecule has 0 atom stereocenters. The summed E-state index contributed by atoms with van der Waals surface area (Å²) in [6.07, 6.45) is 2.84. The Balaban J connectivity index is 2.06. The molecule has 74 valence electrons. The number of carboxylic acid groups (broad SMARTS) is 1. The third-order valence-corrected chi connectivity index (χ3v) is 3.33. The van der Waals surface area contributed by atoms with E-state index in [2.05, 4.69) is 4.98 Å². The number of hydrogen-bond donors (Lipinski definition) is 1. The lowest BCUT2D eigenvalue weighted by Crippen LogP contribution is -2.18. The van der Waals surface area contributed by atoms with E-state index in [-0.39, 0.29) is 12.2 Å². The lowest BCUT2D eigenvalue weighted by Gasteiger charge is -2.06. The Morgan fingerprint density at radius 1 is 1.57 bits per heavy atom. The molecule has 0 aromatic carbocycles. The summed E-state index contributed by atoms with van der Waals surface area (Å²) in [6.45, 7) is 0. The van der Waals surface area contributed by atoms with Crippen LogP contribution in [0, 0.1) is 5.41 Å². The molecule has 1 aliphatic carbocycles. The number of thiazole rings is 1. The summed E-state index contributed by atoms with van der Waals surface area (Å²) in [5.74, 6) is -0.956. The van der Waals surface area contributed by atoms with E-state index in [0.29, 0.717) is 17.7 Å². The number of Topliss-reactive ketones (excluding diaryl/α,β-unsaturated/α-hetero) is 1. The molecule has 14 heavy (non-hydrogen) atoms. The SMILES string of the molecule is O=C(CC1(C(=O)O)CC1)c1cncs1. The maximum Gasteiger partial charge on any atom is 0.310 e. The first-order valence-electron chi connectivity index (χ1n) is 4.29. The molecule has 0 radical (unpaired) electrons. The van der Waals surface area contributed by atoms with Crippen molar-refractivity contribution in [1.82, 2.24) is 4.98 Å². The Bertz CT molecular complexity index is 367.